The number of ether oxygens (including phenoxy) is 2. The highest BCUT2D eigenvalue weighted by atomic mass is 31.2. The van der Waals surface area contributed by atoms with E-state index in [1.807, 2.05) is 18.2 Å². The van der Waals surface area contributed by atoms with Gasteiger partial charge in [-0.25, -0.2) is 9.13 Å². The van der Waals surface area contributed by atoms with Gasteiger partial charge in [-0.05, 0) is 90.4 Å². The van der Waals surface area contributed by atoms with Gasteiger partial charge >= 0.3 is 27.6 Å². The fourth-order valence-electron chi connectivity index (χ4n) is 6.85. The number of allylic oxidation sites excluding steroid dienone is 10. The second-order valence-corrected chi connectivity index (χ2v) is 19.3. The minimum atomic E-state index is -5.38. The highest BCUT2D eigenvalue weighted by Crippen LogP contribution is 2.49. The molecule has 0 bridgehead atoms. The molecule has 382 valence electrons. The first-order chi connectivity index (χ1) is 31.5. The maximum absolute atomic E-state index is 13.0. The largest absolute Gasteiger partial charge is 0.472 e. The predicted molar refractivity (Wildman–Crippen MR) is 252 cm³/mol. The molecule has 0 aromatic carbocycles. The second-order valence-electron chi connectivity index (χ2n) is 16.8. The van der Waals surface area contributed by atoms with Crippen LogP contribution in [0.1, 0.15) is 162 Å². The van der Waals surface area contributed by atoms with E-state index in [0.717, 1.165) is 77.0 Å². The molecule has 0 aromatic rings. The molecule has 0 saturated heterocycles. The van der Waals surface area contributed by atoms with Crippen molar-refractivity contribution in [3.63, 3.8) is 0 Å². The molecule has 19 heteroatoms. The molecular weight excluding hydrogens is 898 g/mol. The minimum Gasteiger partial charge on any atom is -0.462 e. The van der Waals surface area contributed by atoms with Crippen LogP contribution >= 0.6 is 15.6 Å². The Morgan fingerprint density at radius 1 is 0.545 bits per heavy atom. The highest BCUT2D eigenvalue weighted by molar-refractivity contribution is 7.47. The summed E-state index contributed by atoms with van der Waals surface area (Å²) in [6.45, 7) is 2.60. The van der Waals surface area contributed by atoms with Crippen LogP contribution < -0.4 is 0 Å². The normalized spacial score (nSPS) is 22.5. The van der Waals surface area contributed by atoms with Crippen LogP contribution in [0.15, 0.2) is 60.8 Å². The van der Waals surface area contributed by atoms with Gasteiger partial charge in [0.15, 0.2) is 6.10 Å². The van der Waals surface area contributed by atoms with E-state index in [-0.39, 0.29) is 18.9 Å². The van der Waals surface area contributed by atoms with Crippen LogP contribution in [0.2, 0.25) is 0 Å². The molecule has 0 aromatic heterocycles. The molecule has 0 amide bonds. The maximum Gasteiger partial charge on any atom is 0.472 e. The third-order valence-electron chi connectivity index (χ3n) is 10.6. The molecule has 5 unspecified atom stereocenters. The van der Waals surface area contributed by atoms with E-state index in [0.29, 0.717) is 19.3 Å². The first kappa shape index (κ1) is 61.7. The van der Waals surface area contributed by atoms with Gasteiger partial charge in [-0.3, -0.25) is 23.2 Å². The molecule has 1 aliphatic carbocycles. The summed E-state index contributed by atoms with van der Waals surface area (Å²) in [5, 5.41) is 50.5. The van der Waals surface area contributed by atoms with Gasteiger partial charge in [0, 0.05) is 12.8 Å². The molecule has 8 N–H and O–H groups in total. The number of aliphatic hydroxyl groups is 5. The van der Waals surface area contributed by atoms with E-state index in [4.69, 9.17) is 18.5 Å². The van der Waals surface area contributed by atoms with Crippen molar-refractivity contribution >= 4 is 27.6 Å². The number of phosphoric ester groups is 2. The zero-order valence-corrected chi connectivity index (χ0v) is 41.0. The molecule has 0 radical (unpaired) electrons. The average Bonchev–Trinajstić information content (AvgIpc) is 3.26. The lowest BCUT2D eigenvalue weighted by Gasteiger charge is -2.43. The summed E-state index contributed by atoms with van der Waals surface area (Å²) in [4.78, 5) is 54.2. The number of phosphoric acid groups is 2. The van der Waals surface area contributed by atoms with Crippen molar-refractivity contribution in [1.82, 2.24) is 0 Å². The van der Waals surface area contributed by atoms with Crippen LogP contribution in [-0.4, -0.2) is 114 Å². The van der Waals surface area contributed by atoms with Gasteiger partial charge in [-0.1, -0.05) is 119 Å². The first-order valence-corrected chi connectivity index (χ1v) is 26.9. The zero-order chi connectivity index (χ0) is 49.1. The van der Waals surface area contributed by atoms with Crippen molar-refractivity contribution < 1.29 is 82.0 Å². The van der Waals surface area contributed by atoms with E-state index < -0.39 is 83.5 Å². The summed E-state index contributed by atoms with van der Waals surface area (Å²) in [6.07, 6.45) is 26.0. The van der Waals surface area contributed by atoms with E-state index in [9.17, 15) is 58.9 Å². The Hall–Kier alpha value is -2.34. The number of esters is 2. The van der Waals surface area contributed by atoms with Crippen molar-refractivity contribution in [3.05, 3.63) is 60.8 Å². The quantitative estimate of drug-likeness (QED) is 0.0125. The number of hydrogen-bond acceptors (Lipinski definition) is 14. The maximum atomic E-state index is 13.0. The lowest BCUT2D eigenvalue weighted by atomic mass is 9.85. The number of aliphatic hydroxyl groups excluding tert-OH is 5. The van der Waals surface area contributed by atoms with E-state index >= 15 is 0 Å². The summed E-state index contributed by atoms with van der Waals surface area (Å²) < 4.78 is 49.3. The summed E-state index contributed by atoms with van der Waals surface area (Å²) in [5.74, 6) is -1.30. The number of carbonyl (C=O) groups is 2. The molecule has 1 fully saturated rings. The third-order valence-corrected chi connectivity index (χ3v) is 12.1. The van der Waals surface area contributed by atoms with Gasteiger partial charge in [-0.15, -0.1) is 0 Å². The van der Waals surface area contributed by atoms with Crippen molar-refractivity contribution in [2.24, 2.45) is 0 Å². The summed E-state index contributed by atoms with van der Waals surface area (Å²) in [5.41, 5.74) is 0. The molecule has 0 aliphatic heterocycles. The molecule has 1 aliphatic rings. The number of rotatable bonds is 39. The van der Waals surface area contributed by atoms with E-state index in [1.165, 1.54) is 38.5 Å². The molecule has 0 heterocycles. The van der Waals surface area contributed by atoms with Crippen molar-refractivity contribution in [2.75, 3.05) is 13.2 Å². The van der Waals surface area contributed by atoms with Crippen LogP contribution in [-0.2, 0) is 41.8 Å². The lowest BCUT2D eigenvalue weighted by Crippen LogP contribution is -2.64. The topological polar surface area (TPSA) is 276 Å². The third kappa shape index (κ3) is 32.4. The fourth-order valence-corrected chi connectivity index (χ4v) is 8.39. The zero-order valence-electron chi connectivity index (χ0n) is 39.2. The van der Waals surface area contributed by atoms with Crippen LogP contribution in [0.25, 0.3) is 0 Å². The lowest BCUT2D eigenvalue weighted by molar-refractivity contribution is -0.216. The van der Waals surface area contributed by atoms with Crippen LogP contribution in [0.4, 0.5) is 0 Å². The number of carbonyl (C=O) groups excluding carboxylic acids is 2. The highest BCUT2D eigenvalue weighted by Gasteiger charge is 2.54. The van der Waals surface area contributed by atoms with Crippen molar-refractivity contribution in [3.8, 4) is 0 Å². The Balaban J connectivity index is 2.63. The first-order valence-electron chi connectivity index (χ1n) is 23.9. The standard InChI is InChI=1S/C47H82O17P2/c1-3-4-5-6-7-8-9-10-12-17-20-23-26-29-32-35-41(50)62-39(37-61-66(58,59)64-47-44(53)42(51)43(52)46(45(47)54)63-65(55,56)57)36-60-40(49)34-31-28-25-22-19-16-14-11-13-15-18-21-24-27-30-33-38(2)48/h10,12-16,21-22,24-25,38-39,42-48,51-54H,3-9,11,17-20,23,26-37H2,1-2H3,(H,58,59)(H2,55,56,57)/b12-10-,15-13-,16-14-,24-21-,25-22-/t38-,39-,42?,43?,44?,45?,46-,47+/m1/s1. The molecule has 17 nitrogen and oxygen atoms in total. The van der Waals surface area contributed by atoms with Gasteiger partial charge in [0.05, 0.1) is 12.7 Å². The van der Waals surface area contributed by atoms with Crippen molar-refractivity contribution in [2.45, 2.75) is 210 Å². The van der Waals surface area contributed by atoms with E-state index in [1.54, 1.807) is 6.92 Å². The Morgan fingerprint density at radius 2 is 1.00 bits per heavy atom. The molecular formula is C47H82O17P2. The van der Waals surface area contributed by atoms with Gasteiger partial charge in [-0.2, -0.15) is 0 Å². The van der Waals surface area contributed by atoms with Gasteiger partial charge in [0.1, 0.15) is 43.2 Å². The molecule has 0 spiro atoms. The smallest absolute Gasteiger partial charge is 0.462 e. The van der Waals surface area contributed by atoms with Gasteiger partial charge < -0.3 is 49.7 Å². The monoisotopic (exact) mass is 981 g/mol. The number of unbranched alkanes of at least 4 members (excludes halogenated alkanes) is 13. The Labute approximate surface area is 392 Å². The Bertz CT molecular complexity index is 1530. The molecule has 9 atom stereocenters. The van der Waals surface area contributed by atoms with Crippen molar-refractivity contribution in [1.29, 1.82) is 0 Å². The Morgan fingerprint density at radius 3 is 1.55 bits per heavy atom. The molecule has 1 rings (SSSR count). The second kappa shape index (κ2) is 37.5. The summed E-state index contributed by atoms with van der Waals surface area (Å²) >= 11 is 0. The van der Waals surface area contributed by atoms with Crippen LogP contribution in [0.5, 0.6) is 0 Å². The van der Waals surface area contributed by atoms with Gasteiger partial charge in [0.25, 0.3) is 0 Å². The summed E-state index contributed by atoms with van der Waals surface area (Å²) in [7, 11) is -10.7. The van der Waals surface area contributed by atoms with E-state index in [2.05, 4.69) is 54.0 Å². The molecule has 1 saturated carbocycles. The van der Waals surface area contributed by atoms with Crippen LogP contribution in [0.3, 0.4) is 0 Å². The average molecular weight is 981 g/mol. The minimum absolute atomic E-state index is 0.0140. The van der Waals surface area contributed by atoms with Gasteiger partial charge in [0.2, 0.25) is 0 Å². The number of hydrogen-bond donors (Lipinski definition) is 8. The Kier molecular flexibility index (Phi) is 35.1. The van der Waals surface area contributed by atoms with Crippen LogP contribution in [0, 0.1) is 0 Å². The predicted octanol–water partition coefficient (Wildman–Crippen LogP) is 8.03. The summed E-state index contributed by atoms with van der Waals surface area (Å²) in [6, 6.07) is 0. The molecule has 66 heavy (non-hydrogen) atoms. The fraction of sp³-hybridized carbons (Fsp3) is 0.745. The SMILES string of the molecule is CCCCCCCC/C=C\CCCCCCCC(=O)O[C@H](COC(=O)CCC/C=C\C/C=C\C/C=C\C/C=C\CCC[C@@H](C)O)COP(=O)(O)O[C@H]1C(O)C(O)C(O)[C@@H](OP(=O)(O)O)C1O.